The van der Waals surface area contributed by atoms with Crippen LogP contribution in [0, 0.1) is 5.82 Å². The van der Waals surface area contributed by atoms with E-state index in [1.54, 1.807) is 31.1 Å². The lowest BCUT2D eigenvalue weighted by Crippen LogP contribution is -2.49. The van der Waals surface area contributed by atoms with Crippen molar-refractivity contribution in [3.63, 3.8) is 0 Å². The van der Waals surface area contributed by atoms with E-state index in [-0.39, 0.29) is 36.6 Å². The minimum absolute atomic E-state index is 0.133. The van der Waals surface area contributed by atoms with Crippen molar-refractivity contribution in [2.45, 2.75) is 64.1 Å². The first-order valence-electron chi connectivity index (χ1n) is 11.6. The minimum atomic E-state index is -0.620. The van der Waals surface area contributed by atoms with Gasteiger partial charge in [0.25, 0.3) is 0 Å². The summed E-state index contributed by atoms with van der Waals surface area (Å²) in [4.78, 5) is 27.5. The van der Waals surface area contributed by atoms with Gasteiger partial charge in [-0.25, -0.2) is 4.39 Å². The molecular formula is C26H33FN2O4. The molecule has 3 rings (SSSR count). The Morgan fingerprint density at radius 3 is 2.33 bits per heavy atom. The molecule has 2 aromatic rings. The zero-order chi connectivity index (χ0) is 23.6. The molecule has 1 aliphatic carbocycles. The van der Waals surface area contributed by atoms with Crippen LogP contribution < -0.4 is 14.8 Å². The third kappa shape index (κ3) is 7.48. The minimum Gasteiger partial charge on any atom is -0.497 e. The zero-order valence-electron chi connectivity index (χ0n) is 19.4. The van der Waals surface area contributed by atoms with Crippen LogP contribution in [0.2, 0.25) is 0 Å². The van der Waals surface area contributed by atoms with E-state index < -0.39 is 6.04 Å². The highest BCUT2D eigenvalue weighted by Crippen LogP contribution is 2.20. The highest BCUT2D eigenvalue weighted by molar-refractivity contribution is 5.87. The molecule has 1 unspecified atom stereocenters. The number of nitrogens with one attached hydrogen (secondary N) is 1. The fourth-order valence-corrected chi connectivity index (χ4v) is 3.99. The Morgan fingerprint density at radius 2 is 1.70 bits per heavy atom. The number of hydrogen-bond acceptors (Lipinski definition) is 4. The monoisotopic (exact) mass is 456 g/mol. The van der Waals surface area contributed by atoms with E-state index in [2.05, 4.69) is 5.32 Å². The standard InChI is InChI=1S/C26H33FN2O4/c1-19(26(31)28-22-6-3-4-7-22)29(18-20-9-11-21(27)12-10-20)25(30)8-5-17-33-24-15-13-23(32-2)14-16-24/h9-16,19,22H,3-8,17-18H2,1-2H3,(H,28,31). The van der Waals surface area contributed by atoms with Crippen molar-refractivity contribution < 1.29 is 23.5 Å². The van der Waals surface area contributed by atoms with Crippen LogP contribution >= 0.6 is 0 Å². The van der Waals surface area contributed by atoms with Gasteiger partial charge in [-0.15, -0.1) is 0 Å². The lowest BCUT2D eigenvalue weighted by atomic mass is 10.1. The molecule has 0 spiro atoms. The molecule has 33 heavy (non-hydrogen) atoms. The summed E-state index contributed by atoms with van der Waals surface area (Å²) in [6, 6.07) is 12.8. The number of amides is 2. The molecule has 2 amide bonds. The summed E-state index contributed by atoms with van der Waals surface area (Å²) in [6.07, 6.45) is 4.96. The first-order chi connectivity index (χ1) is 16.0. The molecule has 1 fully saturated rings. The summed E-state index contributed by atoms with van der Waals surface area (Å²) < 4.78 is 24.2. The number of rotatable bonds is 11. The highest BCUT2D eigenvalue weighted by atomic mass is 19.1. The van der Waals surface area contributed by atoms with Crippen LogP contribution in [-0.2, 0) is 16.1 Å². The van der Waals surface area contributed by atoms with Crippen molar-refractivity contribution in [1.29, 1.82) is 0 Å². The van der Waals surface area contributed by atoms with E-state index in [0.717, 1.165) is 37.0 Å². The summed E-state index contributed by atoms with van der Waals surface area (Å²) in [7, 11) is 1.61. The van der Waals surface area contributed by atoms with Crippen LogP contribution in [-0.4, -0.2) is 42.5 Å². The number of halogens is 1. The lowest BCUT2D eigenvalue weighted by Gasteiger charge is -2.30. The SMILES string of the molecule is COc1ccc(OCCCC(=O)N(Cc2ccc(F)cc2)C(C)C(=O)NC2CCCC2)cc1. The van der Waals surface area contributed by atoms with Crippen LogP contribution in [0.15, 0.2) is 48.5 Å². The predicted octanol–water partition coefficient (Wildman–Crippen LogP) is 4.47. The Balaban J connectivity index is 1.57. The number of nitrogens with zero attached hydrogens (tertiary/aromatic N) is 1. The first-order valence-corrected chi connectivity index (χ1v) is 11.6. The Kier molecular flexibility index (Phi) is 9.10. The van der Waals surface area contributed by atoms with Gasteiger partial charge in [-0.05, 0) is 68.1 Å². The largest absolute Gasteiger partial charge is 0.497 e. The third-order valence-corrected chi connectivity index (χ3v) is 6.00. The molecule has 1 aliphatic rings. The van der Waals surface area contributed by atoms with Crippen molar-refractivity contribution in [3.8, 4) is 11.5 Å². The van der Waals surface area contributed by atoms with Crippen molar-refractivity contribution >= 4 is 11.8 Å². The number of benzene rings is 2. The number of carbonyl (C=O) groups is 2. The average Bonchev–Trinajstić information content (AvgIpc) is 3.34. The van der Waals surface area contributed by atoms with Crippen LogP contribution in [0.4, 0.5) is 4.39 Å². The Labute approximate surface area is 195 Å². The van der Waals surface area contributed by atoms with Crippen LogP contribution in [0.25, 0.3) is 0 Å². The average molecular weight is 457 g/mol. The van der Waals surface area contributed by atoms with Gasteiger partial charge < -0.3 is 19.7 Å². The van der Waals surface area contributed by atoms with Gasteiger partial charge in [0, 0.05) is 19.0 Å². The lowest BCUT2D eigenvalue weighted by molar-refractivity contribution is -0.141. The van der Waals surface area contributed by atoms with E-state index in [4.69, 9.17) is 9.47 Å². The van der Waals surface area contributed by atoms with E-state index in [1.807, 2.05) is 24.3 Å². The second-order valence-corrected chi connectivity index (χ2v) is 8.44. The summed E-state index contributed by atoms with van der Waals surface area (Å²) in [5, 5.41) is 3.08. The van der Waals surface area contributed by atoms with Gasteiger partial charge in [0.1, 0.15) is 23.4 Å². The molecule has 1 N–H and O–H groups in total. The van der Waals surface area contributed by atoms with Gasteiger partial charge in [-0.1, -0.05) is 25.0 Å². The predicted molar refractivity (Wildman–Crippen MR) is 125 cm³/mol. The zero-order valence-corrected chi connectivity index (χ0v) is 19.4. The number of hydrogen-bond donors (Lipinski definition) is 1. The van der Waals surface area contributed by atoms with Gasteiger partial charge >= 0.3 is 0 Å². The smallest absolute Gasteiger partial charge is 0.242 e. The summed E-state index contributed by atoms with van der Waals surface area (Å²) in [6.45, 7) is 2.38. The fraction of sp³-hybridized carbons (Fsp3) is 0.462. The molecule has 0 aliphatic heterocycles. The fourth-order valence-electron chi connectivity index (χ4n) is 3.99. The van der Waals surface area contributed by atoms with Crippen molar-refractivity contribution in [3.05, 3.63) is 59.9 Å². The number of ether oxygens (including phenoxy) is 2. The van der Waals surface area contributed by atoms with E-state index in [1.165, 1.54) is 12.1 Å². The molecular weight excluding hydrogens is 423 g/mol. The van der Waals surface area contributed by atoms with Crippen molar-refractivity contribution in [2.24, 2.45) is 0 Å². The Bertz CT molecular complexity index is 896. The molecule has 2 aromatic carbocycles. The Hall–Kier alpha value is -3.09. The molecule has 0 bridgehead atoms. The summed E-state index contributed by atoms with van der Waals surface area (Å²) >= 11 is 0. The second-order valence-electron chi connectivity index (χ2n) is 8.44. The number of carbonyl (C=O) groups excluding carboxylic acids is 2. The maximum Gasteiger partial charge on any atom is 0.242 e. The Morgan fingerprint density at radius 1 is 1.06 bits per heavy atom. The maximum atomic E-state index is 13.3. The van der Waals surface area contributed by atoms with Crippen LogP contribution in [0.1, 0.15) is 51.0 Å². The highest BCUT2D eigenvalue weighted by Gasteiger charge is 2.28. The molecule has 0 aromatic heterocycles. The molecule has 0 saturated heterocycles. The summed E-state index contributed by atoms with van der Waals surface area (Å²) in [5.41, 5.74) is 0.778. The molecule has 1 atom stereocenters. The summed E-state index contributed by atoms with van der Waals surface area (Å²) in [5.74, 6) is 0.840. The molecule has 6 nitrogen and oxygen atoms in total. The molecule has 178 valence electrons. The van der Waals surface area contributed by atoms with Gasteiger partial charge in [-0.3, -0.25) is 9.59 Å². The quantitative estimate of drug-likeness (QED) is 0.507. The second kappa shape index (κ2) is 12.2. The van der Waals surface area contributed by atoms with Gasteiger partial charge in [0.05, 0.1) is 13.7 Å². The van der Waals surface area contributed by atoms with E-state index in [0.29, 0.717) is 18.8 Å². The van der Waals surface area contributed by atoms with E-state index >= 15 is 0 Å². The topological polar surface area (TPSA) is 67.9 Å². The van der Waals surface area contributed by atoms with Gasteiger partial charge in [-0.2, -0.15) is 0 Å². The van der Waals surface area contributed by atoms with Crippen molar-refractivity contribution in [1.82, 2.24) is 10.2 Å². The van der Waals surface area contributed by atoms with Crippen LogP contribution in [0.3, 0.4) is 0 Å². The molecule has 1 saturated carbocycles. The van der Waals surface area contributed by atoms with Gasteiger partial charge in [0.15, 0.2) is 0 Å². The first kappa shape index (κ1) is 24.6. The maximum absolute atomic E-state index is 13.3. The van der Waals surface area contributed by atoms with E-state index in [9.17, 15) is 14.0 Å². The molecule has 0 heterocycles. The van der Waals surface area contributed by atoms with Crippen molar-refractivity contribution in [2.75, 3.05) is 13.7 Å². The van der Waals surface area contributed by atoms with Gasteiger partial charge in [0.2, 0.25) is 11.8 Å². The molecule has 7 heteroatoms. The molecule has 0 radical (unpaired) electrons. The third-order valence-electron chi connectivity index (χ3n) is 6.00. The van der Waals surface area contributed by atoms with Crippen LogP contribution in [0.5, 0.6) is 11.5 Å². The number of methoxy groups -OCH3 is 1. The normalized spacial score (nSPS) is 14.5.